The minimum Gasteiger partial charge on any atom is -0.211 e. The smallest absolute Gasteiger partial charge is 0.211 e. The molecule has 1 fully saturated rings. The number of hydrogen-bond donors (Lipinski definition) is 0. The van der Waals surface area contributed by atoms with E-state index < -0.39 is 0 Å². The van der Waals surface area contributed by atoms with Crippen LogP contribution in [0.3, 0.4) is 0 Å². The van der Waals surface area contributed by atoms with Crippen LogP contribution in [0.15, 0.2) is 17.1 Å². The summed E-state index contributed by atoms with van der Waals surface area (Å²) in [6.07, 6.45) is 3.87. The number of aliphatic imine (C=N–C) groups is 1. The zero-order valence-electron chi connectivity index (χ0n) is 10.0. The number of nitrogens with zero attached hydrogens (tertiary/aromatic N) is 2. The van der Waals surface area contributed by atoms with Gasteiger partial charge in [-0.2, -0.15) is 10.3 Å². The molecule has 0 radical (unpaired) electrons. The highest BCUT2D eigenvalue weighted by molar-refractivity contribution is 5.64. The molecule has 0 saturated heterocycles. The lowest BCUT2D eigenvalue weighted by Gasteiger charge is -2.13. The van der Waals surface area contributed by atoms with Crippen molar-refractivity contribution in [3.63, 3.8) is 0 Å². The molecule has 0 atom stereocenters. The summed E-state index contributed by atoms with van der Waals surface area (Å²) in [5.74, 6) is 0.709. The first-order valence-corrected chi connectivity index (χ1v) is 5.83. The standard InChI is InChI=1S/C14H14N2O/c1-9(2)12-5-10(7-15)6-13(11-3-4-11)14(12)16-8-17/h5-6,9,11H,3-4H2,1-2H3. The number of nitriles is 1. The highest BCUT2D eigenvalue weighted by atomic mass is 16.1. The molecule has 0 aromatic heterocycles. The van der Waals surface area contributed by atoms with Crippen LogP contribution in [-0.4, -0.2) is 6.08 Å². The molecule has 1 aromatic rings. The molecule has 0 bridgehead atoms. The van der Waals surface area contributed by atoms with E-state index in [1.54, 1.807) is 6.08 Å². The second-order valence-electron chi connectivity index (χ2n) is 4.75. The van der Waals surface area contributed by atoms with Crippen molar-refractivity contribution < 1.29 is 4.79 Å². The minimum absolute atomic E-state index is 0.243. The average Bonchev–Trinajstić information content (AvgIpc) is 3.13. The first kappa shape index (κ1) is 11.6. The predicted octanol–water partition coefficient (Wildman–Crippen LogP) is 3.53. The second kappa shape index (κ2) is 4.53. The summed E-state index contributed by atoms with van der Waals surface area (Å²) in [5, 5.41) is 9.03. The van der Waals surface area contributed by atoms with Crippen molar-refractivity contribution in [2.75, 3.05) is 0 Å². The van der Waals surface area contributed by atoms with Crippen molar-refractivity contribution in [2.45, 2.75) is 38.5 Å². The van der Waals surface area contributed by atoms with E-state index >= 15 is 0 Å². The summed E-state index contributed by atoms with van der Waals surface area (Å²) >= 11 is 0. The van der Waals surface area contributed by atoms with Crippen molar-refractivity contribution in [3.05, 3.63) is 28.8 Å². The monoisotopic (exact) mass is 226 g/mol. The number of carbonyl (C=O) groups excluding carboxylic acids is 1. The van der Waals surface area contributed by atoms with Crippen LogP contribution in [0.1, 0.15) is 55.2 Å². The molecule has 1 aromatic carbocycles. The molecule has 86 valence electrons. The Balaban J connectivity index is 2.66. The van der Waals surface area contributed by atoms with Crippen LogP contribution < -0.4 is 0 Å². The summed E-state index contributed by atoms with van der Waals surface area (Å²) in [5.41, 5.74) is 3.39. The SMILES string of the molecule is CC(C)c1cc(C#N)cc(C2CC2)c1N=C=O. The van der Waals surface area contributed by atoms with E-state index in [2.05, 4.69) is 11.1 Å². The molecule has 0 aliphatic heterocycles. The third kappa shape index (κ3) is 2.27. The average molecular weight is 226 g/mol. The predicted molar refractivity (Wildman–Crippen MR) is 65.0 cm³/mol. The van der Waals surface area contributed by atoms with Crippen LogP contribution in [-0.2, 0) is 4.79 Å². The van der Waals surface area contributed by atoms with Gasteiger partial charge in [0.05, 0.1) is 17.3 Å². The number of isocyanates is 1. The number of hydrogen-bond acceptors (Lipinski definition) is 3. The fraction of sp³-hybridized carbons (Fsp3) is 0.429. The van der Waals surface area contributed by atoms with Gasteiger partial charge in [0.25, 0.3) is 0 Å². The molecule has 3 nitrogen and oxygen atoms in total. The van der Waals surface area contributed by atoms with Crippen LogP contribution in [0, 0.1) is 11.3 Å². The van der Waals surface area contributed by atoms with Crippen LogP contribution in [0.5, 0.6) is 0 Å². The van der Waals surface area contributed by atoms with Gasteiger partial charge in [-0.3, -0.25) is 0 Å². The van der Waals surface area contributed by atoms with Crippen molar-refractivity contribution in [1.82, 2.24) is 0 Å². The second-order valence-corrected chi connectivity index (χ2v) is 4.75. The minimum atomic E-state index is 0.243. The van der Waals surface area contributed by atoms with Gasteiger partial charge < -0.3 is 0 Å². The lowest BCUT2D eigenvalue weighted by atomic mass is 9.93. The Morgan fingerprint density at radius 2 is 2.12 bits per heavy atom. The summed E-state index contributed by atoms with van der Waals surface area (Å²) in [7, 11) is 0. The Kier molecular flexibility index (Phi) is 3.08. The Morgan fingerprint density at radius 1 is 1.41 bits per heavy atom. The first-order valence-electron chi connectivity index (χ1n) is 5.83. The molecule has 1 aliphatic carbocycles. The van der Waals surface area contributed by atoms with E-state index in [1.807, 2.05) is 26.0 Å². The largest absolute Gasteiger partial charge is 0.240 e. The van der Waals surface area contributed by atoms with Gasteiger partial charge in [0.2, 0.25) is 6.08 Å². The third-order valence-electron chi connectivity index (χ3n) is 3.09. The molecule has 2 rings (SSSR count). The molecule has 3 heteroatoms. The fourth-order valence-corrected chi connectivity index (χ4v) is 2.07. The van der Waals surface area contributed by atoms with E-state index in [9.17, 15) is 4.79 Å². The molecule has 0 N–H and O–H groups in total. The molecular formula is C14H14N2O. The van der Waals surface area contributed by atoms with E-state index in [1.165, 1.54) is 0 Å². The van der Waals surface area contributed by atoms with Crippen LogP contribution in [0.4, 0.5) is 5.69 Å². The van der Waals surface area contributed by atoms with Crippen molar-refractivity contribution in [1.29, 1.82) is 5.26 Å². The fourth-order valence-electron chi connectivity index (χ4n) is 2.07. The highest BCUT2D eigenvalue weighted by Crippen LogP contribution is 2.46. The topological polar surface area (TPSA) is 53.2 Å². The van der Waals surface area contributed by atoms with E-state index in [4.69, 9.17) is 5.26 Å². The van der Waals surface area contributed by atoms with Gasteiger partial charge in [0.1, 0.15) is 0 Å². The molecule has 0 unspecified atom stereocenters. The lowest BCUT2D eigenvalue weighted by Crippen LogP contribution is -1.94. The Hall–Kier alpha value is -1.91. The molecule has 0 heterocycles. The van der Waals surface area contributed by atoms with Crippen LogP contribution in [0.2, 0.25) is 0 Å². The lowest BCUT2D eigenvalue weighted by molar-refractivity contribution is 0.565. The van der Waals surface area contributed by atoms with Crippen molar-refractivity contribution >= 4 is 11.8 Å². The van der Waals surface area contributed by atoms with Gasteiger partial charge in [-0.25, -0.2) is 4.79 Å². The molecule has 1 saturated carbocycles. The van der Waals surface area contributed by atoms with E-state index in [-0.39, 0.29) is 5.92 Å². The van der Waals surface area contributed by atoms with Crippen molar-refractivity contribution in [2.24, 2.45) is 4.99 Å². The van der Waals surface area contributed by atoms with Gasteiger partial charge in [0, 0.05) is 0 Å². The Morgan fingerprint density at radius 3 is 2.59 bits per heavy atom. The molecule has 0 spiro atoms. The quantitative estimate of drug-likeness (QED) is 0.584. The Bertz CT molecular complexity index is 507. The summed E-state index contributed by atoms with van der Waals surface area (Å²) in [4.78, 5) is 14.4. The normalized spacial score (nSPS) is 14.2. The molecular weight excluding hydrogens is 212 g/mol. The molecule has 17 heavy (non-hydrogen) atoms. The highest BCUT2D eigenvalue weighted by Gasteiger charge is 2.28. The van der Waals surface area contributed by atoms with Gasteiger partial charge in [-0.15, -0.1) is 0 Å². The zero-order valence-corrected chi connectivity index (χ0v) is 10.0. The zero-order chi connectivity index (χ0) is 12.4. The molecule has 1 aliphatic rings. The molecule has 0 amide bonds. The van der Waals surface area contributed by atoms with Crippen LogP contribution >= 0.6 is 0 Å². The summed E-state index contributed by atoms with van der Waals surface area (Å²) in [6.45, 7) is 4.08. The van der Waals surface area contributed by atoms with Crippen molar-refractivity contribution in [3.8, 4) is 6.07 Å². The summed E-state index contributed by atoms with van der Waals surface area (Å²) < 4.78 is 0. The van der Waals surface area contributed by atoms with Gasteiger partial charge in [0.15, 0.2) is 0 Å². The van der Waals surface area contributed by atoms with Gasteiger partial charge in [-0.1, -0.05) is 13.8 Å². The maximum absolute atomic E-state index is 10.5. The van der Waals surface area contributed by atoms with E-state index in [0.717, 1.165) is 29.7 Å². The third-order valence-corrected chi connectivity index (χ3v) is 3.09. The van der Waals surface area contributed by atoms with Gasteiger partial charge >= 0.3 is 0 Å². The maximum atomic E-state index is 10.5. The van der Waals surface area contributed by atoms with Crippen LogP contribution in [0.25, 0.3) is 0 Å². The van der Waals surface area contributed by atoms with E-state index in [0.29, 0.717) is 11.5 Å². The number of benzene rings is 1. The summed E-state index contributed by atoms with van der Waals surface area (Å²) in [6, 6.07) is 5.86. The first-order chi connectivity index (χ1) is 8.17. The number of rotatable bonds is 3. The Labute approximate surface area is 101 Å². The van der Waals surface area contributed by atoms with Gasteiger partial charge in [-0.05, 0) is 47.9 Å². The maximum Gasteiger partial charge on any atom is 0.240 e.